The molecule has 2 aliphatic heterocycles. The Bertz CT molecular complexity index is 5200. The predicted octanol–water partition coefficient (Wildman–Crippen LogP) is 18.6. The maximum Gasteiger partial charge on any atom is 0.252 e. The van der Waals surface area contributed by atoms with E-state index in [2.05, 4.69) is 273 Å². The highest BCUT2D eigenvalue weighted by Gasteiger charge is 2.44. The summed E-state index contributed by atoms with van der Waals surface area (Å²) in [5.74, 6) is 1.74. The Labute approximate surface area is 520 Å². The molecular formula is C81H68BN7. The minimum atomic E-state index is -0.194. The van der Waals surface area contributed by atoms with Gasteiger partial charge in [-0.2, -0.15) is 0 Å². The second-order valence-electron chi connectivity index (χ2n) is 27.1. The van der Waals surface area contributed by atoms with Crippen molar-refractivity contribution in [3.05, 3.63) is 239 Å². The smallest absolute Gasteiger partial charge is 0.252 e. The van der Waals surface area contributed by atoms with Gasteiger partial charge in [-0.25, -0.2) is 15.0 Å². The summed E-state index contributed by atoms with van der Waals surface area (Å²) < 4.78 is 2.62. The number of pyridine rings is 2. The van der Waals surface area contributed by atoms with Crippen LogP contribution in [-0.2, 0) is 10.8 Å². The molecule has 430 valence electrons. The third-order valence-electron chi connectivity index (χ3n) is 19.1. The SMILES string of the molecule is Cc1cc(C)c(-c2nc(-c3cc4c5c(c3)-n3c6ccc7c8ccccc8c8ccccc8c7c6c6cc(-c7ccccc7-c7ccccc7)cc(c63)B5c3cc(C(C)(C)C)ccc3N4c3ccc(C(C)(C)C)cc3)nc(-c3c(C)cc(C)nc3C)n2)c(C)n1. The average molecular weight is 1150 g/mol. The fraction of sp³-hybridized carbons (Fsp3) is 0.173. The van der Waals surface area contributed by atoms with Crippen molar-refractivity contribution in [3.8, 4) is 62.1 Å². The lowest BCUT2D eigenvalue weighted by Crippen LogP contribution is -2.60. The Morgan fingerprint density at radius 3 is 1.51 bits per heavy atom. The Hall–Kier alpha value is -10.0. The van der Waals surface area contributed by atoms with Crippen LogP contribution < -0.4 is 21.3 Å². The molecular weight excluding hydrogens is 1080 g/mol. The molecule has 7 nitrogen and oxygen atoms in total. The van der Waals surface area contributed by atoms with E-state index in [9.17, 15) is 0 Å². The van der Waals surface area contributed by atoms with E-state index in [-0.39, 0.29) is 17.5 Å². The summed E-state index contributed by atoms with van der Waals surface area (Å²) in [5.41, 5.74) is 26.1. The molecule has 0 saturated carbocycles. The van der Waals surface area contributed by atoms with Crippen molar-refractivity contribution in [2.75, 3.05) is 4.90 Å². The maximum atomic E-state index is 5.62. The van der Waals surface area contributed by atoms with Crippen molar-refractivity contribution in [3.63, 3.8) is 0 Å². The number of benzene rings is 10. The first-order valence-electron chi connectivity index (χ1n) is 31.3. The van der Waals surface area contributed by atoms with Crippen LogP contribution in [0.2, 0.25) is 0 Å². The summed E-state index contributed by atoms with van der Waals surface area (Å²) in [5, 5.41) is 9.91. The lowest BCUT2D eigenvalue weighted by Gasteiger charge is -2.41. The molecule has 0 unspecified atom stereocenters. The number of aryl methyl sites for hydroxylation is 6. The Morgan fingerprint density at radius 2 is 0.899 bits per heavy atom. The third-order valence-corrected chi connectivity index (χ3v) is 19.1. The predicted molar refractivity (Wildman–Crippen MR) is 375 cm³/mol. The van der Waals surface area contributed by atoms with E-state index in [1.54, 1.807) is 0 Å². The van der Waals surface area contributed by atoms with Crippen LogP contribution >= 0.6 is 0 Å². The van der Waals surface area contributed by atoms with Crippen molar-refractivity contribution < 1.29 is 0 Å². The number of rotatable bonds is 6. The summed E-state index contributed by atoms with van der Waals surface area (Å²) >= 11 is 0. The minimum Gasteiger partial charge on any atom is -0.311 e. The Morgan fingerprint density at radius 1 is 0.371 bits per heavy atom. The summed E-state index contributed by atoms with van der Waals surface area (Å²) in [6, 6.07) is 73.4. The molecule has 0 radical (unpaired) electrons. The van der Waals surface area contributed by atoms with Crippen LogP contribution in [0.1, 0.15) is 86.6 Å². The van der Waals surface area contributed by atoms with Gasteiger partial charge in [0.2, 0.25) is 0 Å². The second kappa shape index (κ2) is 19.7. The molecule has 0 spiro atoms. The molecule has 8 heteroatoms. The molecule has 6 heterocycles. The lowest BCUT2D eigenvalue weighted by atomic mass is 9.33. The van der Waals surface area contributed by atoms with Crippen LogP contribution in [0.25, 0.3) is 116 Å². The first-order chi connectivity index (χ1) is 42.9. The zero-order valence-electron chi connectivity index (χ0n) is 52.7. The molecule has 16 rings (SSSR count). The zero-order valence-corrected chi connectivity index (χ0v) is 52.7. The van der Waals surface area contributed by atoms with E-state index < -0.39 is 0 Å². The molecule has 2 aliphatic rings. The van der Waals surface area contributed by atoms with Gasteiger partial charge in [0.05, 0.1) is 5.52 Å². The fourth-order valence-electron chi connectivity index (χ4n) is 15.2. The maximum absolute atomic E-state index is 5.62. The minimum absolute atomic E-state index is 0.0469. The molecule has 0 fully saturated rings. The number of hydrogen-bond donors (Lipinski definition) is 0. The monoisotopic (exact) mass is 1150 g/mol. The summed E-state index contributed by atoms with van der Waals surface area (Å²) in [7, 11) is 0. The van der Waals surface area contributed by atoms with Gasteiger partial charge in [0.1, 0.15) is 0 Å². The number of hydrogen-bond acceptors (Lipinski definition) is 6. The topological polar surface area (TPSA) is 72.6 Å². The molecule has 89 heavy (non-hydrogen) atoms. The molecule has 0 aliphatic carbocycles. The molecule has 4 aromatic heterocycles. The van der Waals surface area contributed by atoms with Crippen molar-refractivity contribution in [2.24, 2.45) is 0 Å². The first-order valence-corrected chi connectivity index (χ1v) is 31.3. The van der Waals surface area contributed by atoms with Gasteiger partial charge in [-0.05, 0) is 195 Å². The van der Waals surface area contributed by atoms with E-state index in [4.69, 9.17) is 24.9 Å². The normalized spacial score (nSPS) is 12.9. The van der Waals surface area contributed by atoms with Crippen LogP contribution in [0.5, 0.6) is 0 Å². The summed E-state index contributed by atoms with van der Waals surface area (Å²) in [6.07, 6.45) is 0. The standard InChI is InChI=1S/C81H68BN7/c1-45-38-47(3)83-49(5)71(45)78-85-77(86-79(87-78)72-46(2)39-48(4)84-50(72)6)53-42-69-75-70(43-53)89-68-37-35-63-61-28-19-18-26-59(61)60-27-20-21-29-62(60)73(63)74(68)64-40-52(58-25-17-16-24-57(58)51-22-14-13-15-23-51)41-66(76(64)89)82(75)65-44-55(81(10,11)12)32-36-67(65)88(69)56-33-30-54(31-34-56)80(7,8)9/h13-44H,1-12H3. The number of nitrogens with zero attached hydrogens (tertiary/aromatic N) is 7. The van der Waals surface area contributed by atoms with E-state index in [0.717, 1.165) is 78.9 Å². The molecule has 0 amide bonds. The van der Waals surface area contributed by atoms with Crippen LogP contribution in [0.4, 0.5) is 17.1 Å². The Kier molecular flexibility index (Phi) is 12.1. The van der Waals surface area contributed by atoms with Crippen molar-refractivity contribution >= 4 is 94.3 Å². The molecule has 0 bridgehead atoms. The second-order valence-corrected chi connectivity index (χ2v) is 27.1. The highest BCUT2D eigenvalue weighted by molar-refractivity contribution is 7.00. The highest BCUT2D eigenvalue weighted by atomic mass is 15.2. The van der Waals surface area contributed by atoms with Gasteiger partial charge in [-0.3, -0.25) is 9.97 Å². The van der Waals surface area contributed by atoms with E-state index in [1.807, 2.05) is 13.8 Å². The van der Waals surface area contributed by atoms with Crippen LogP contribution in [0, 0.1) is 41.5 Å². The highest BCUT2D eigenvalue weighted by Crippen LogP contribution is 2.49. The van der Waals surface area contributed by atoms with Crippen LogP contribution in [0.15, 0.2) is 194 Å². The van der Waals surface area contributed by atoms with Gasteiger partial charge in [0.15, 0.2) is 17.5 Å². The van der Waals surface area contributed by atoms with E-state index in [1.165, 1.54) is 98.4 Å². The summed E-state index contributed by atoms with van der Waals surface area (Å²) in [4.78, 5) is 29.2. The fourth-order valence-corrected chi connectivity index (χ4v) is 15.2. The van der Waals surface area contributed by atoms with Crippen molar-refractivity contribution in [2.45, 2.75) is 93.9 Å². The molecule has 0 N–H and O–H groups in total. The van der Waals surface area contributed by atoms with Gasteiger partial charge < -0.3 is 9.47 Å². The number of aromatic nitrogens is 6. The van der Waals surface area contributed by atoms with E-state index >= 15 is 0 Å². The Balaban J connectivity index is 1.10. The largest absolute Gasteiger partial charge is 0.311 e. The third kappa shape index (κ3) is 8.43. The van der Waals surface area contributed by atoms with Crippen molar-refractivity contribution in [1.29, 1.82) is 0 Å². The summed E-state index contributed by atoms with van der Waals surface area (Å²) in [6.45, 7) is 26.2. The van der Waals surface area contributed by atoms with Gasteiger partial charge in [0.25, 0.3) is 6.71 Å². The van der Waals surface area contributed by atoms with Gasteiger partial charge in [-0.1, -0.05) is 181 Å². The molecule has 14 aromatic rings. The van der Waals surface area contributed by atoms with Crippen molar-refractivity contribution in [1.82, 2.24) is 29.5 Å². The quantitative estimate of drug-likeness (QED) is 0.122. The van der Waals surface area contributed by atoms with Gasteiger partial charge in [-0.15, -0.1) is 0 Å². The van der Waals surface area contributed by atoms with Crippen LogP contribution in [0.3, 0.4) is 0 Å². The van der Waals surface area contributed by atoms with Gasteiger partial charge >= 0.3 is 0 Å². The molecule has 10 aromatic carbocycles. The molecule has 0 atom stereocenters. The number of fused-ring (bicyclic) bond motifs is 14. The molecule has 0 saturated heterocycles. The van der Waals surface area contributed by atoms with E-state index in [0.29, 0.717) is 17.5 Å². The zero-order chi connectivity index (χ0) is 61.1. The average Bonchev–Trinajstić information content (AvgIpc) is 1.61. The first kappa shape index (κ1) is 54.4. The lowest BCUT2D eigenvalue weighted by molar-refractivity contribution is 0.590. The number of anilines is 3. The van der Waals surface area contributed by atoms with Gasteiger partial charge in [0, 0.05) is 83.9 Å². The van der Waals surface area contributed by atoms with Crippen LogP contribution in [-0.4, -0.2) is 36.2 Å².